The molecule has 2 aliphatic rings. The summed E-state index contributed by atoms with van der Waals surface area (Å²) in [6, 6.07) is 9.03. The minimum absolute atomic E-state index is 0.0774. The van der Waals surface area contributed by atoms with Crippen molar-refractivity contribution in [1.29, 1.82) is 5.26 Å². The summed E-state index contributed by atoms with van der Waals surface area (Å²) in [6.07, 6.45) is 3.95. The van der Waals surface area contributed by atoms with Crippen LogP contribution in [0.4, 0.5) is 5.13 Å². The van der Waals surface area contributed by atoms with Crippen LogP contribution >= 0.6 is 11.3 Å². The molecule has 4 heterocycles. The minimum Gasteiger partial charge on any atom is -0.496 e. The van der Waals surface area contributed by atoms with Crippen molar-refractivity contribution >= 4 is 28.3 Å². The third kappa shape index (κ3) is 5.19. The number of hydrogen-bond donors (Lipinski definition) is 1. The van der Waals surface area contributed by atoms with Crippen LogP contribution < -0.4 is 10.1 Å². The lowest BCUT2D eigenvalue weighted by atomic mass is 9.97. The molecule has 2 amide bonds. The number of ether oxygens (including phenoxy) is 2. The van der Waals surface area contributed by atoms with E-state index < -0.39 is 0 Å². The molecular weight excluding hydrogens is 490 g/mol. The molecule has 0 bridgehead atoms. The van der Waals surface area contributed by atoms with Crippen molar-refractivity contribution in [1.82, 2.24) is 14.9 Å². The zero-order chi connectivity index (χ0) is 25.9. The lowest BCUT2D eigenvalue weighted by Gasteiger charge is -2.31. The Labute approximate surface area is 219 Å². The SMILES string of the molecule is COc1ccc(C#N)cc1-c1cc(C)ncc1C(=O)Nc1nc2c(s1)CN(C(=O)C1CCCOC1)CC2. The number of nitrogens with zero attached hydrogens (tertiary/aromatic N) is 4. The number of benzene rings is 1. The smallest absolute Gasteiger partial charge is 0.259 e. The van der Waals surface area contributed by atoms with Gasteiger partial charge in [0.2, 0.25) is 5.91 Å². The summed E-state index contributed by atoms with van der Waals surface area (Å²) in [6.45, 7) is 4.16. The highest BCUT2D eigenvalue weighted by atomic mass is 32.1. The van der Waals surface area contributed by atoms with E-state index >= 15 is 0 Å². The summed E-state index contributed by atoms with van der Waals surface area (Å²) >= 11 is 1.39. The number of hydrogen-bond acceptors (Lipinski definition) is 8. The maximum atomic E-state index is 13.4. The van der Waals surface area contributed by atoms with E-state index in [0.717, 1.165) is 35.7 Å². The first-order valence-corrected chi connectivity index (χ1v) is 13.0. The van der Waals surface area contributed by atoms with Crippen molar-refractivity contribution in [3.8, 4) is 22.9 Å². The molecule has 1 fully saturated rings. The molecule has 1 unspecified atom stereocenters. The van der Waals surface area contributed by atoms with E-state index in [0.29, 0.717) is 59.3 Å². The molecule has 2 aliphatic heterocycles. The number of aryl methyl sites for hydroxylation is 1. The summed E-state index contributed by atoms with van der Waals surface area (Å²) < 4.78 is 11.0. The third-order valence-electron chi connectivity index (χ3n) is 6.68. The van der Waals surface area contributed by atoms with Gasteiger partial charge in [-0.05, 0) is 44.0 Å². The minimum atomic E-state index is -0.356. The first-order chi connectivity index (χ1) is 18.0. The molecule has 2 aromatic heterocycles. The average Bonchev–Trinajstić information content (AvgIpc) is 3.34. The largest absolute Gasteiger partial charge is 0.496 e. The van der Waals surface area contributed by atoms with E-state index in [1.165, 1.54) is 17.5 Å². The second-order valence-electron chi connectivity index (χ2n) is 9.17. The molecule has 0 aliphatic carbocycles. The van der Waals surface area contributed by atoms with Gasteiger partial charge < -0.3 is 14.4 Å². The average molecular weight is 518 g/mol. The van der Waals surface area contributed by atoms with Gasteiger partial charge in [-0.2, -0.15) is 5.26 Å². The number of methoxy groups -OCH3 is 1. The number of amides is 2. The molecule has 0 spiro atoms. The maximum Gasteiger partial charge on any atom is 0.259 e. The van der Waals surface area contributed by atoms with Crippen LogP contribution in [0.5, 0.6) is 5.75 Å². The number of carbonyl (C=O) groups is 2. The lowest BCUT2D eigenvalue weighted by Crippen LogP contribution is -2.41. The second-order valence-corrected chi connectivity index (χ2v) is 10.2. The zero-order valence-corrected chi connectivity index (χ0v) is 21.6. The van der Waals surface area contributed by atoms with Crippen LogP contribution in [0.15, 0.2) is 30.5 Å². The highest BCUT2D eigenvalue weighted by molar-refractivity contribution is 7.15. The fraction of sp³-hybridized carbons (Fsp3) is 0.370. The maximum absolute atomic E-state index is 13.4. The van der Waals surface area contributed by atoms with Gasteiger partial charge in [-0.3, -0.25) is 19.9 Å². The van der Waals surface area contributed by atoms with Crippen LogP contribution in [-0.2, 0) is 22.5 Å². The molecule has 1 aromatic carbocycles. The van der Waals surface area contributed by atoms with E-state index in [4.69, 9.17) is 9.47 Å². The Balaban J connectivity index is 1.37. The van der Waals surface area contributed by atoms with E-state index in [9.17, 15) is 14.9 Å². The van der Waals surface area contributed by atoms with Crippen LogP contribution in [0.2, 0.25) is 0 Å². The lowest BCUT2D eigenvalue weighted by molar-refractivity contribution is -0.140. The predicted molar refractivity (Wildman–Crippen MR) is 138 cm³/mol. The molecular formula is C27H27N5O4S. The van der Waals surface area contributed by atoms with Gasteiger partial charge in [0.05, 0.1) is 49.1 Å². The molecule has 0 radical (unpaired) electrons. The van der Waals surface area contributed by atoms with Crippen LogP contribution in [-0.4, -0.2) is 53.6 Å². The van der Waals surface area contributed by atoms with Gasteiger partial charge in [0.15, 0.2) is 5.13 Å². The second kappa shape index (κ2) is 10.7. The van der Waals surface area contributed by atoms with E-state index in [2.05, 4.69) is 21.4 Å². The molecule has 10 heteroatoms. The van der Waals surface area contributed by atoms with Gasteiger partial charge in [0.25, 0.3) is 5.91 Å². The molecule has 190 valence electrons. The van der Waals surface area contributed by atoms with E-state index in [-0.39, 0.29) is 17.7 Å². The molecule has 0 saturated carbocycles. The predicted octanol–water partition coefficient (Wildman–Crippen LogP) is 3.96. The third-order valence-corrected chi connectivity index (χ3v) is 7.67. The Morgan fingerprint density at radius 3 is 2.92 bits per heavy atom. The molecule has 1 N–H and O–H groups in total. The quantitative estimate of drug-likeness (QED) is 0.544. The molecule has 3 aromatic rings. The number of rotatable bonds is 5. The molecule has 1 saturated heterocycles. The summed E-state index contributed by atoms with van der Waals surface area (Å²) in [5, 5.41) is 12.8. The monoisotopic (exact) mass is 517 g/mol. The van der Waals surface area contributed by atoms with Crippen molar-refractivity contribution in [2.45, 2.75) is 32.7 Å². The van der Waals surface area contributed by atoms with E-state index in [1.807, 2.05) is 11.8 Å². The Morgan fingerprint density at radius 2 is 2.16 bits per heavy atom. The number of fused-ring (bicyclic) bond motifs is 1. The van der Waals surface area contributed by atoms with Gasteiger partial charge in [0.1, 0.15) is 5.75 Å². The number of nitriles is 1. The Hall–Kier alpha value is -3.81. The van der Waals surface area contributed by atoms with Crippen molar-refractivity contribution in [3.05, 3.63) is 57.9 Å². The number of nitrogens with one attached hydrogen (secondary N) is 1. The van der Waals surface area contributed by atoms with Gasteiger partial charge in [-0.1, -0.05) is 11.3 Å². The van der Waals surface area contributed by atoms with Gasteiger partial charge in [0, 0.05) is 47.5 Å². The fourth-order valence-corrected chi connectivity index (χ4v) is 5.77. The van der Waals surface area contributed by atoms with Gasteiger partial charge >= 0.3 is 0 Å². The van der Waals surface area contributed by atoms with Gasteiger partial charge in [-0.25, -0.2) is 4.98 Å². The number of aromatic nitrogens is 2. The standard InChI is InChI=1S/C27H27N5O4S/c1-16-10-19(20-11-17(12-28)5-6-23(20)35-2)21(13-29-16)25(33)31-27-30-22-7-8-32(14-24(22)37-27)26(34)18-4-3-9-36-15-18/h5-6,10-11,13,18H,3-4,7-9,14-15H2,1-2H3,(H,30,31,33). The highest BCUT2D eigenvalue weighted by Gasteiger charge is 2.30. The topological polar surface area (TPSA) is 117 Å². The van der Waals surface area contributed by atoms with Crippen molar-refractivity contribution in [2.75, 3.05) is 32.2 Å². The number of thiazole rings is 1. The fourth-order valence-electron chi connectivity index (χ4n) is 4.75. The van der Waals surface area contributed by atoms with Crippen LogP contribution in [0, 0.1) is 24.2 Å². The van der Waals surface area contributed by atoms with Crippen LogP contribution in [0.3, 0.4) is 0 Å². The van der Waals surface area contributed by atoms with Crippen molar-refractivity contribution in [2.24, 2.45) is 5.92 Å². The molecule has 37 heavy (non-hydrogen) atoms. The number of anilines is 1. The summed E-state index contributed by atoms with van der Waals surface area (Å²) in [7, 11) is 1.55. The first kappa shape index (κ1) is 24.9. The molecule has 9 nitrogen and oxygen atoms in total. The molecule has 5 rings (SSSR count). The molecule has 1 atom stereocenters. The Bertz CT molecular complexity index is 1390. The summed E-state index contributed by atoms with van der Waals surface area (Å²) in [5.41, 5.74) is 3.70. The van der Waals surface area contributed by atoms with Crippen molar-refractivity contribution < 1.29 is 19.1 Å². The van der Waals surface area contributed by atoms with E-state index in [1.54, 1.807) is 31.4 Å². The summed E-state index contributed by atoms with van der Waals surface area (Å²) in [4.78, 5) is 38.2. The normalized spacial score (nSPS) is 17.0. The van der Waals surface area contributed by atoms with Gasteiger partial charge in [-0.15, -0.1) is 0 Å². The van der Waals surface area contributed by atoms with Crippen LogP contribution in [0.25, 0.3) is 11.1 Å². The Kier molecular flexibility index (Phi) is 7.17. The highest BCUT2D eigenvalue weighted by Crippen LogP contribution is 2.35. The Morgan fingerprint density at radius 1 is 1.30 bits per heavy atom. The van der Waals surface area contributed by atoms with Crippen LogP contribution in [0.1, 0.15) is 45.0 Å². The zero-order valence-electron chi connectivity index (χ0n) is 20.7. The first-order valence-electron chi connectivity index (χ1n) is 12.2. The summed E-state index contributed by atoms with van der Waals surface area (Å²) in [5.74, 6) is 0.251. The van der Waals surface area contributed by atoms with Crippen molar-refractivity contribution in [3.63, 3.8) is 0 Å². The number of pyridine rings is 1. The number of carbonyl (C=O) groups excluding carboxylic acids is 2.